The van der Waals surface area contributed by atoms with E-state index in [2.05, 4.69) is 15.5 Å². The Morgan fingerprint density at radius 2 is 1.73 bits per heavy atom. The SMILES string of the molecule is COc1ccc(O[C@@H](C)C(=O)Nc2nnc(-c3ccc(Cl)cc3)s2)cc1. The third-order valence-electron chi connectivity index (χ3n) is 3.49. The molecule has 0 radical (unpaired) electrons. The number of halogens is 1. The number of benzene rings is 2. The van der Waals surface area contributed by atoms with Crippen molar-refractivity contribution in [2.45, 2.75) is 13.0 Å². The molecule has 1 N–H and O–H groups in total. The highest BCUT2D eigenvalue weighted by molar-refractivity contribution is 7.18. The molecule has 0 saturated carbocycles. The highest BCUT2D eigenvalue weighted by Crippen LogP contribution is 2.27. The van der Waals surface area contributed by atoms with Gasteiger partial charge in [-0.25, -0.2) is 0 Å². The van der Waals surface area contributed by atoms with E-state index in [1.165, 1.54) is 11.3 Å². The molecule has 1 heterocycles. The summed E-state index contributed by atoms with van der Waals surface area (Å²) < 4.78 is 10.7. The predicted octanol–water partition coefficient (Wildman–Crippen LogP) is 4.27. The van der Waals surface area contributed by atoms with Crippen molar-refractivity contribution in [3.05, 3.63) is 53.6 Å². The van der Waals surface area contributed by atoms with Crippen molar-refractivity contribution in [3.63, 3.8) is 0 Å². The minimum Gasteiger partial charge on any atom is -0.497 e. The number of nitrogens with one attached hydrogen (secondary N) is 1. The summed E-state index contributed by atoms with van der Waals surface area (Å²) in [7, 11) is 1.59. The van der Waals surface area contributed by atoms with Crippen LogP contribution in [0, 0.1) is 0 Å². The summed E-state index contributed by atoms with van der Waals surface area (Å²) in [6, 6.07) is 14.3. The van der Waals surface area contributed by atoms with Gasteiger partial charge in [-0.15, -0.1) is 10.2 Å². The molecule has 0 spiro atoms. The zero-order chi connectivity index (χ0) is 18.5. The van der Waals surface area contributed by atoms with E-state index < -0.39 is 6.10 Å². The Bertz CT molecular complexity index is 881. The lowest BCUT2D eigenvalue weighted by Gasteiger charge is -2.13. The van der Waals surface area contributed by atoms with Crippen LogP contribution in [-0.4, -0.2) is 29.3 Å². The number of amides is 1. The number of hydrogen-bond donors (Lipinski definition) is 1. The lowest BCUT2D eigenvalue weighted by atomic mass is 10.2. The van der Waals surface area contributed by atoms with E-state index in [4.69, 9.17) is 21.1 Å². The van der Waals surface area contributed by atoms with Crippen molar-refractivity contribution < 1.29 is 14.3 Å². The molecule has 0 saturated heterocycles. The monoisotopic (exact) mass is 389 g/mol. The second-order valence-corrected chi connectivity index (χ2v) is 6.76. The Labute approximate surface area is 159 Å². The van der Waals surface area contributed by atoms with E-state index in [9.17, 15) is 4.79 Å². The van der Waals surface area contributed by atoms with Crippen molar-refractivity contribution in [1.29, 1.82) is 0 Å². The third kappa shape index (κ3) is 4.50. The van der Waals surface area contributed by atoms with Crippen LogP contribution >= 0.6 is 22.9 Å². The van der Waals surface area contributed by atoms with Crippen LogP contribution in [0.4, 0.5) is 5.13 Å². The van der Waals surface area contributed by atoms with Gasteiger partial charge in [0.2, 0.25) is 5.13 Å². The molecule has 6 nitrogen and oxygen atoms in total. The summed E-state index contributed by atoms with van der Waals surface area (Å²) in [4.78, 5) is 12.3. The molecule has 0 aliphatic rings. The first-order valence-electron chi connectivity index (χ1n) is 7.76. The topological polar surface area (TPSA) is 73.3 Å². The molecule has 134 valence electrons. The minimum absolute atomic E-state index is 0.306. The number of ether oxygens (including phenoxy) is 2. The maximum atomic E-state index is 12.3. The summed E-state index contributed by atoms with van der Waals surface area (Å²) in [5.74, 6) is 0.991. The van der Waals surface area contributed by atoms with E-state index in [-0.39, 0.29) is 5.91 Å². The third-order valence-corrected chi connectivity index (χ3v) is 4.63. The van der Waals surface area contributed by atoms with Gasteiger partial charge in [-0.3, -0.25) is 10.1 Å². The van der Waals surface area contributed by atoms with Gasteiger partial charge in [-0.1, -0.05) is 35.1 Å². The summed E-state index contributed by atoms with van der Waals surface area (Å²) in [5, 5.41) is 12.6. The fourth-order valence-corrected chi connectivity index (χ4v) is 2.98. The Morgan fingerprint density at radius 3 is 2.38 bits per heavy atom. The van der Waals surface area contributed by atoms with Crippen molar-refractivity contribution >= 4 is 34.0 Å². The zero-order valence-corrected chi connectivity index (χ0v) is 15.7. The number of methoxy groups -OCH3 is 1. The summed E-state index contributed by atoms with van der Waals surface area (Å²) in [6.45, 7) is 1.67. The molecule has 1 amide bonds. The first-order valence-corrected chi connectivity index (χ1v) is 8.95. The van der Waals surface area contributed by atoms with Crippen molar-refractivity contribution in [2.24, 2.45) is 0 Å². The van der Waals surface area contributed by atoms with Crippen LogP contribution in [0.3, 0.4) is 0 Å². The fraction of sp³-hybridized carbons (Fsp3) is 0.167. The highest BCUT2D eigenvalue weighted by atomic mass is 35.5. The number of anilines is 1. The van der Waals surface area contributed by atoms with Crippen molar-refractivity contribution in [2.75, 3.05) is 12.4 Å². The lowest BCUT2D eigenvalue weighted by molar-refractivity contribution is -0.122. The molecular formula is C18H16ClN3O3S. The molecule has 1 atom stereocenters. The molecule has 0 aliphatic heterocycles. The molecule has 0 bridgehead atoms. The van der Waals surface area contributed by atoms with Gasteiger partial charge in [0.05, 0.1) is 7.11 Å². The second-order valence-electron chi connectivity index (χ2n) is 5.34. The summed E-state index contributed by atoms with van der Waals surface area (Å²) in [6.07, 6.45) is -0.689. The van der Waals surface area contributed by atoms with Crippen LogP contribution < -0.4 is 14.8 Å². The van der Waals surface area contributed by atoms with Crippen LogP contribution in [0.15, 0.2) is 48.5 Å². The molecule has 2 aromatic carbocycles. The van der Waals surface area contributed by atoms with E-state index in [1.807, 2.05) is 12.1 Å². The summed E-state index contributed by atoms with van der Waals surface area (Å²) >= 11 is 7.16. The predicted molar refractivity (Wildman–Crippen MR) is 102 cm³/mol. The van der Waals surface area contributed by atoms with Gasteiger partial charge in [-0.2, -0.15) is 0 Å². The maximum absolute atomic E-state index is 12.3. The van der Waals surface area contributed by atoms with Crippen molar-refractivity contribution in [3.8, 4) is 22.1 Å². The average molecular weight is 390 g/mol. The Kier molecular flexibility index (Phi) is 5.70. The van der Waals surface area contributed by atoms with Gasteiger partial charge in [-0.05, 0) is 43.3 Å². The van der Waals surface area contributed by atoms with Crippen LogP contribution in [0.1, 0.15) is 6.92 Å². The number of nitrogens with zero attached hydrogens (tertiary/aromatic N) is 2. The molecule has 3 aromatic rings. The molecule has 0 unspecified atom stereocenters. The van der Waals surface area contributed by atoms with Crippen LogP contribution in [0.25, 0.3) is 10.6 Å². The smallest absolute Gasteiger partial charge is 0.266 e. The van der Waals surface area contributed by atoms with E-state index >= 15 is 0 Å². The van der Waals surface area contributed by atoms with Gasteiger partial charge in [0.25, 0.3) is 5.91 Å². The average Bonchev–Trinajstić information content (AvgIpc) is 3.11. The molecule has 8 heteroatoms. The number of hydrogen-bond acceptors (Lipinski definition) is 6. The molecule has 0 fully saturated rings. The summed E-state index contributed by atoms with van der Waals surface area (Å²) in [5.41, 5.74) is 0.884. The Hall–Kier alpha value is -2.64. The number of carbonyl (C=O) groups is 1. The Morgan fingerprint density at radius 1 is 1.08 bits per heavy atom. The molecule has 26 heavy (non-hydrogen) atoms. The molecule has 1 aromatic heterocycles. The normalized spacial score (nSPS) is 11.7. The standard InChI is InChI=1S/C18H16ClN3O3S/c1-11(25-15-9-7-14(24-2)8-10-15)16(23)20-18-22-21-17(26-18)12-3-5-13(19)6-4-12/h3-11H,1-2H3,(H,20,22,23)/t11-/m0/s1. The van der Waals surface area contributed by atoms with Gasteiger partial charge in [0, 0.05) is 10.6 Å². The van der Waals surface area contributed by atoms with Crippen LogP contribution in [-0.2, 0) is 4.79 Å². The maximum Gasteiger partial charge on any atom is 0.266 e. The lowest BCUT2D eigenvalue weighted by Crippen LogP contribution is -2.30. The van der Waals surface area contributed by atoms with Crippen molar-refractivity contribution in [1.82, 2.24) is 10.2 Å². The number of carbonyl (C=O) groups excluding carboxylic acids is 1. The largest absolute Gasteiger partial charge is 0.497 e. The number of aromatic nitrogens is 2. The second kappa shape index (κ2) is 8.16. The minimum atomic E-state index is -0.689. The van der Waals surface area contributed by atoms with E-state index in [0.29, 0.717) is 20.9 Å². The number of rotatable bonds is 6. The Balaban J connectivity index is 1.61. The van der Waals surface area contributed by atoms with E-state index in [1.54, 1.807) is 50.4 Å². The highest BCUT2D eigenvalue weighted by Gasteiger charge is 2.17. The van der Waals surface area contributed by atoms with Crippen LogP contribution in [0.5, 0.6) is 11.5 Å². The molecule has 0 aliphatic carbocycles. The van der Waals surface area contributed by atoms with Gasteiger partial charge >= 0.3 is 0 Å². The van der Waals surface area contributed by atoms with Gasteiger partial charge < -0.3 is 9.47 Å². The molecule has 3 rings (SSSR count). The fourth-order valence-electron chi connectivity index (χ4n) is 2.10. The first-order chi connectivity index (χ1) is 12.5. The van der Waals surface area contributed by atoms with Gasteiger partial charge in [0.1, 0.15) is 16.5 Å². The molecular weight excluding hydrogens is 374 g/mol. The van der Waals surface area contributed by atoms with E-state index in [0.717, 1.165) is 11.3 Å². The first kappa shape index (κ1) is 18.2. The van der Waals surface area contributed by atoms with Crippen LogP contribution in [0.2, 0.25) is 5.02 Å². The van der Waals surface area contributed by atoms with Gasteiger partial charge in [0.15, 0.2) is 6.10 Å². The quantitative estimate of drug-likeness (QED) is 0.681. The zero-order valence-electron chi connectivity index (χ0n) is 14.1.